The quantitative estimate of drug-likeness (QED) is 0.835. The Morgan fingerprint density at radius 3 is 2.22 bits per heavy atom. The van der Waals surface area contributed by atoms with Crippen LogP contribution in [0.3, 0.4) is 0 Å². The number of rotatable bonds is 4. The summed E-state index contributed by atoms with van der Waals surface area (Å²) < 4.78 is 5.18. The number of hydrogen-bond donors (Lipinski definition) is 0. The maximum atomic E-state index is 13.1. The Balaban J connectivity index is 1.58. The van der Waals surface area contributed by atoms with E-state index in [-0.39, 0.29) is 17.7 Å². The average Bonchev–Trinajstić information content (AvgIpc) is 3.54. The molecular weight excluding hydrogens is 340 g/mol. The van der Waals surface area contributed by atoms with Crippen molar-refractivity contribution in [1.82, 2.24) is 0 Å². The lowest BCUT2D eigenvalue weighted by Crippen LogP contribution is -2.33. The Bertz CT molecular complexity index is 843. The molecule has 0 radical (unpaired) electrons. The molecule has 1 aliphatic carbocycles. The lowest BCUT2D eigenvalue weighted by molar-refractivity contribution is -0.120. The van der Waals surface area contributed by atoms with E-state index in [1.807, 2.05) is 58.3 Å². The standard InChI is InChI=1S/C22H24N2O3/c1-27-18-11-7-16(8-12-18)15-21(25)23-13-4-14-24(22(26)17-9-10-17)20-6-3-2-5-19(20)23/h2-3,5-8,11-12,17H,4,9-10,13-15H2,1H3. The first-order valence-corrected chi connectivity index (χ1v) is 9.51. The third kappa shape index (κ3) is 3.68. The van der Waals surface area contributed by atoms with Crippen molar-refractivity contribution in [2.45, 2.75) is 25.7 Å². The van der Waals surface area contributed by atoms with Crippen molar-refractivity contribution in [1.29, 1.82) is 0 Å². The van der Waals surface area contributed by atoms with E-state index in [2.05, 4.69) is 0 Å². The van der Waals surface area contributed by atoms with E-state index in [1.165, 1.54) is 0 Å². The lowest BCUT2D eigenvalue weighted by atomic mass is 10.1. The summed E-state index contributed by atoms with van der Waals surface area (Å²) in [6.45, 7) is 1.29. The Hall–Kier alpha value is -2.82. The summed E-state index contributed by atoms with van der Waals surface area (Å²) in [6, 6.07) is 15.3. The van der Waals surface area contributed by atoms with Gasteiger partial charge >= 0.3 is 0 Å². The SMILES string of the molecule is COc1ccc(CC(=O)N2CCCN(C(=O)C3CC3)c3ccccc32)cc1. The van der Waals surface area contributed by atoms with Crippen LogP contribution >= 0.6 is 0 Å². The van der Waals surface area contributed by atoms with Crippen LogP contribution in [0.1, 0.15) is 24.8 Å². The van der Waals surface area contributed by atoms with Gasteiger partial charge in [-0.05, 0) is 49.1 Å². The van der Waals surface area contributed by atoms with Crippen molar-refractivity contribution in [2.24, 2.45) is 5.92 Å². The van der Waals surface area contributed by atoms with Gasteiger partial charge in [0.25, 0.3) is 0 Å². The third-order valence-electron chi connectivity index (χ3n) is 5.23. The number of hydrogen-bond acceptors (Lipinski definition) is 3. The highest BCUT2D eigenvalue weighted by Gasteiger charge is 2.36. The Morgan fingerprint density at radius 1 is 0.963 bits per heavy atom. The van der Waals surface area contributed by atoms with Crippen molar-refractivity contribution in [3.63, 3.8) is 0 Å². The first kappa shape index (κ1) is 17.6. The van der Waals surface area contributed by atoms with Gasteiger partial charge in [0, 0.05) is 19.0 Å². The number of amides is 2. The number of carbonyl (C=O) groups excluding carboxylic acids is 2. The fourth-order valence-electron chi connectivity index (χ4n) is 3.60. The molecule has 2 aliphatic rings. The zero-order chi connectivity index (χ0) is 18.8. The zero-order valence-corrected chi connectivity index (χ0v) is 15.6. The second-order valence-electron chi connectivity index (χ2n) is 7.18. The topological polar surface area (TPSA) is 49.9 Å². The fourth-order valence-corrected chi connectivity index (χ4v) is 3.60. The van der Waals surface area contributed by atoms with Gasteiger partial charge in [0.2, 0.25) is 11.8 Å². The van der Waals surface area contributed by atoms with Crippen LogP contribution in [0.15, 0.2) is 48.5 Å². The van der Waals surface area contributed by atoms with Gasteiger partial charge in [-0.15, -0.1) is 0 Å². The van der Waals surface area contributed by atoms with Crippen LogP contribution in [0.25, 0.3) is 0 Å². The van der Waals surface area contributed by atoms with Gasteiger partial charge < -0.3 is 14.5 Å². The monoisotopic (exact) mass is 364 g/mol. The van der Waals surface area contributed by atoms with E-state index in [4.69, 9.17) is 4.74 Å². The van der Waals surface area contributed by atoms with Crippen LogP contribution in [0.4, 0.5) is 11.4 Å². The van der Waals surface area contributed by atoms with Crippen molar-refractivity contribution in [2.75, 3.05) is 30.0 Å². The van der Waals surface area contributed by atoms with Crippen LogP contribution in [0.5, 0.6) is 5.75 Å². The van der Waals surface area contributed by atoms with Crippen LogP contribution in [0, 0.1) is 5.92 Å². The molecule has 1 heterocycles. The third-order valence-corrected chi connectivity index (χ3v) is 5.23. The van der Waals surface area contributed by atoms with Gasteiger partial charge in [-0.2, -0.15) is 0 Å². The molecule has 2 aromatic carbocycles. The van der Waals surface area contributed by atoms with Crippen molar-refractivity contribution >= 4 is 23.2 Å². The second-order valence-corrected chi connectivity index (χ2v) is 7.18. The van der Waals surface area contributed by atoms with Crippen LogP contribution in [0.2, 0.25) is 0 Å². The molecule has 0 aromatic heterocycles. The van der Waals surface area contributed by atoms with Gasteiger partial charge in [0.15, 0.2) is 0 Å². The smallest absolute Gasteiger partial charge is 0.231 e. The highest BCUT2D eigenvalue weighted by atomic mass is 16.5. The molecule has 27 heavy (non-hydrogen) atoms. The number of fused-ring (bicyclic) bond motifs is 1. The Morgan fingerprint density at radius 2 is 1.59 bits per heavy atom. The average molecular weight is 364 g/mol. The molecule has 0 saturated heterocycles. The highest BCUT2D eigenvalue weighted by molar-refractivity contribution is 6.04. The summed E-state index contributed by atoms with van der Waals surface area (Å²) in [5.74, 6) is 1.19. The molecule has 2 amide bonds. The fraction of sp³-hybridized carbons (Fsp3) is 0.364. The summed E-state index contributed by atoms with van der Waals surface area (Å²) >= 11 is 0. The maximum Gasteiger partial charge on any atom is 0.231 e. The first-order chi connectivity index (χ1) is 13.2. The predicted molar refractivity (Wildman–Crippen MR) is 105 cm³/mol. The molecule has 1 fully saturated rings. The number of methoxy groups -OCH3 is 1. The zero-order valence-electron chi connectivity index (χ0n) is 15.6. The molecule has 2 aromatic rings. The Kier molecular flexibility index (Phi) is 4.84. The highest BCUT2D eigenvalue weighted by Crippen LogP contribution is 2.38. The van der Waals surface area contributed by atoms with E-state index in [0.717, 1.165) is 42.0 Å². The van der Waals surface area contributed by atoms with Crippen molar-refractivity contribution in [3.05, 3.63) is 54.1 Å². The number of ether oxygens (including phenoxy) is 1. The number of nitrogens with zero attached hydrogens (tertiary/aromatic N) is 2. The van der Waals surface area contributed by atoms with E-state index in [0.29, 0.717) is 19.5 Å². The molecule has 0 bridgehead atoms. The molecule has 0 N–H and O–H groups in total. The van der Waals surface area contributed by atoms with Crippen LogP contribution < -0.4 is 14.5 Å². The maximum absolute atomic E-state index is 13.1. The number of benzene rings is 2. The minimum atomic E-state index is 0.0494. The molecule has 0 atom stereocenters. The molecule has 0 spiro atoms. The predicted octanol–water partition coefficient (Wildman–Crippen LogP) is 3.42. The van der Waals surface area contributed by atoms with Gasteiger partial charge in [0.1, 0.15) is 5.75 Å². The minimum Gasteiger partial charge on any atom is -0.497 e. The normalized spacial score (nSPS) is 16.5. The second kappa shape index (κ2) is 7.43. The van der Waals surface area contributed by atoms with Crippen molar-refractivity contribution in [3.8, 4) is 5.75 Å². The Labute approximate surface area is 159 Å². The summed E-state index contributed by atoms with van der Waals surface area (Å²) in [4.78, 5) is 29.5. The van der Waals surface area contributed by atoms with E-state index in [9.17, 15) is 9.59 Å². The number of carbonyl (C=O) groups is 2. The van der Waals surface area contributed by atoms with E-state index >= 15 is 0 Å². The molecule has 5 nitrogen and oxygen atoms in total. The molecule has 140 valence electrons. The number of anilines is 2. The van der Waals surface area contributed by atoms with E-state index < -0.39 is 0 Å². The molecular formula is C22H24N2O3. The largest absolute Gasteiger partial charge is 0.497 e. The summed E-state index contributed by atoms with van der Waals surface area (Å²) in [5.41, 5.74) is 2.64. The summed E-state index contributed by atoms with van der Waals surface area (Å²) in [5, 5.41) is 0. The van der Waals surface area contributed by atoms with Gasteiger partial charge in [0.05, 0.1) is 24.9 Å². The van der Waals surface area contributed by atoms with Crippen LogP contribution in [-0.4, -0.2) is 32.0 Å². The first-order valence-electron chi connectivity index (χ1n) is 9.51. The summed E-state index contributed by atoms with van der Waals surface area (Å²) in [7, 11) is 1.63. The molecule has 5 heteroatoms. The minimum absolute atomic E-state index is 0.0494. The molecule has 1 aliphatic heterocycles. The van der Waals surface area contributed by atoms with Gasteiger partial charge in [-0.3, -0.25) is 9.59 Å². The summed E-state index contributed by atoms with van der Waals surface area (Å²) in [6.07, 6.45) is 3.08. The van der Waals surface area contributed by atoms with E-state index in [1.54, 1.807) is 7.11 Å². The van der Waals surface area contributed by atoms with Crippen molar-refractivity contribution < 1.29 is 14.3 Å². The van der Waals surface area contributed by atoms with Gasteiger partial charge in [-0.1, -0.05) is 24.3 Å². The lowest BCUT2D eigenvalue weighted by Gasteiger charge is -2.25. The molecule has 0 unspecified atom stereocenters. The van der Waals surface area contributed by atoms with Crippen LogP contribution in [-0.2, 0) is 16.0 Å². The molecule has 1 saturated carbocycles. The number of para-hydroxylation sites is 2. The molecule has 4 rings (SSSR count). The van der Waals surface area contributed by atoms with Gasteiger partial charge in [-0.25, -0.2) is 0 Å².